The maximum atomic E-state index is 9.74. The lowest BCUT2D eigenvalue weighted by atomic mass is 10.3. The Labute approximate surface area is 54.4 Å². The normalized spacial score (nSPS) is 8.89. The molecule has 0 bridgehead atoms. The van der Waals surface area contributed by atoms with E-state index in [0.29, 0.717) is 13.0 Å². The Balaban J connectivity index is 2.74. The fraction of sp³-hybridized carbons (Fsp3) is 0.667. The third kappa shape index (κ3) is 7.30. The summed E-state index contributed by atoms with van der Waals surface area (Å²) in [5.74, 6) is 0. The summed E-state index contributed by atoms with van der Waals surface area (Å²) in [5.41, 5.74) is 0. The average Bonchev–Trinajstić information content (AvgIpc) is 1.89. The molecule has 3 heteroatoms. The Kier molecular flexibility index (Phi) is 6.73. The van der Waals surface area contributed by atoms with Crippen molar-refractivity contribution in [2.75, 3.05) is 13.1 Å². The predicted molar refractivity (Wildman–Crippen MR) is 34.2 cm³/mol. The molecule has 0 unspecified atom stereocenters. The van der Waals surface area contributed by atoms with Crippen molar-refractivity contribution in [2.45, 2.75) is 12.8 Å². The minimum atomic E-state index is 0.388. The van der Waals surface area contributed by atoms with Crippen LogP contribution in [0.1, 0.15) is 12.8 Å². The minimum absolute atomic E-state index is 0.388. The first-order valence-corrected chi connectivity index (χ1v) is 3.00. The quantitative estimate of drug-likeness (QED) is 0.397. The van der Waals surface area contributed by atoms with Gasteiger partial charge in [-0.3, -0.25) is 0 Å². The summed E-state index contributed by atoms with van der Waals surface area (Å²) in [5, 5.41) is 2.84. The van der Waals surface area contributed by atoms with E-state index >= 15 is 0 Å². The zero-order valence-corrected chi connectivity index (χ0v) is 5.30. The summed E-state index contributed by atoms with van der Waals surface area (Å²) in [7, 11) is 0. The zero-order chi connectivity index (χ0) is 6.95. The van der Waals surface area contributed by atoms with Gasteiger partial charge < -0.3 is 14.9 Å². The Bertz CT molecular complexity index is 73.1. The Morgan fingerprint density at radius 1 is 1.22 bits per heavy atom. The van der Waals surface area contributed by atoms with Crippen LogP contribution in [0.4, 0.5) is 0 Å². The molecular formula is C6H11NO2. The summed E-state index contributed by atoms with van der Waals surface area (Å²) in [6.07, 6.45) is 3.08. The first-order chi connectivity index (χ1) is 4.41. The predicted octanol–water partition coefficient (Wildman–Crippen LogP) is -0.246. The zero-order valence-electron chi connectivity index (χ0n) is 5.30. The van der Waals surface area contributed by atoms with Crippen LogP contribution >= 0.6 is 0 Å². The summed E-state index contributed by atoms with van der Waals surface area (Å²) < 4.78 is 0. The molecule has 0 aromatic rings. The smallest absolute Gasteiger partial charge is 0.133 e. The van der Waals surface area contributed by atoms with Crippen molar-refractivity contribution in [3.63, 3.8) is 0 Å². The highest BCUT2D eigenvalue weighted by Gasteiger charge is 1.83. The van der Waals surface area contributed by atoms with Gasteiger partial charge in [0, 0.05) is 6.42 Å². The Morgan fingerprint density at radius 2 is 2.00 bits per heavy atom. The van der Waals surface area contributed by atoms with Crippen molar-refractivity contribution in [2.24, 2.45) is 0 Å². The monoisotopic (exact) mass is 129 g/mol. The molecule has 0 amide bonds. The highest BCUT2D eigenvalue weighted by molar-refractivity contribution is 5.51. The number of rotatable bonds is 6. The van der Waals surface area contributed by atoms with E-state index < -0.39 is 0 Å². The van der Waals surface area contributed by atoms with E-state index in [1.807, 2.05) is 0 Å². The number of hydrogen-bond acceptors (Lipinski definition) is 3. The molecule has 3 nitrogen and oxygen atoms in total. The molecule has 0 fully saturated rings. The molecule has 0 spiro atoms. The summed E-state index contributed by atoms with van der Waals surface area (Å²) in [4.78, 5) is 19.4. The summed E-state index contributed by atoms with van der Waals surface area (Å²) in [6, 6.07) is 0. The van der Waals surface area contributed by atoms with Gasteiger partial charge in [0.25, 0.3) is 0 Å². The fourth-order valence-electron chi connectivity index (χ4n) is 0.471. The van der Waals surface area contributed by atoms with E-state index in [-0.39, 0.29) is 0 Å². The number of carbonyl (C=O) groups excluding carboxylic acids is 2. The lowest BCUT2D eigenvalue weighted by molar-refractivity contribution is -0.108. The molecule has 0 aromatic heterocycles. The molecule has 0 saturated heterocycles. The first-order valence-electron chi connectivity index (χ1n) is 3.00. The van der Waals surface area contributed by atoms with Crippen LogP contribution in [0.25, 0.3) is 0 Å². The van der Waals surface area contributed by atoms with Gasteiger partial charge in [-0.1, -0.05) is 0 Å². The maximum absolute atomic E-state index is 9.74. The molecular weight excluding hydrogens is 118 g/mol. The van der Waals surface area contributed by atoms with E-state index in [2.05, 4.69) is 5.32 Å². The summed E-state index contributed by atoms with van der Waals surface area (Å²) >= 11 is 0. The van der Waals surface area contributed by atoms with E-state index in [9.17, 15) is 9.59 Å². The van der Waals surface area contributed by atoms with Gasteiger partial charge in [0.05, 0.1) is 6.54 Å². The second-order valence-electron chi connectivity index (χ2n) is 1.68. The van der Waals surface area contributed by atoms with Crippen LogP contribution in [0, 0.1) is 0 Å². The third-order valence-electron chi connectivity index (χ3n) is 0.903. The van der Waals surface area contributed by atoms with Gasteiger partial charge in [0.15, 0.2) is 0 Å². The molecule has 0 atom stereocenters. The molecule has 0 saturated carbocycles. The third-order valence-corrected chi connectivity index (χ3v) is 0.903. The van der Waals surface area contributed by atoms with Gasteiger partial charge in [0.1, 0.15) is 12.6 Å². The largest absolute Gasteiger partial charge is 0.310 e. The molecule has 0 aromatic carbocycles. The SMILES string of the molecule is O=CCCCNCC=O. The molecule has 0 heterocycles. The van der Waals surface area contributed by atoms with Crippen molar-refractivity contribution in [3.8, 4) is 0 Å². The van der Waals surface area contributed by atoms with E-state index in [0.717, 1.165) is 25.5 Å². The summed E-state index contributed by atoms with van der Waals surface area (Å²) in [6.45, 7) is 1.14. The van der Waals surface area contributed by atoms with Crippen molar-refractivity contribution in [1.29, 1.82) is 0 Å². The van der Waals surface area contributed by atoms with Crippen molar-refractivity contribution in [3.05, 3.63) is 0 Å². The second kappa shape index (κ2) is 7.30. The highest BCUT2D eigenvalue weighted by Crippen LogP contribution is 1.78. The van der Waals surface area contributed by atoms with Crippen LogP contribution in [0.2, 0.25) is 0 Å². The van der Waals surface area contributed by atoms with Crippen LogP contribution in [-0.4, -0.2) is 25.7 Å². The number of aldehydes is 2. The van der Waals surface area contributed by atoms with Crippen molar-refractivity contribution < 1.29 is 9.59 Å². The van der Waals surface area contributed by atoms with E-state index in [1.165, 1.54) is 0 Å². The number of unbranched alkanes of at least 4 members (excludes halogenated alkanes) is 1. The molecule has 0 aliphatic heterocycles. The van der Waals surface area contributed by atoms with Gasteiger partial charge >= 0.3 is 0 Å². The molecule has 9 heavy (non-hydrogen) atoms. The number of hydrogen-bond donors (Lipinski definition) is 1. The molecule has 0 aliphatic rings. The van der Waals surface area contributed by atoms with Gasteiger partial charge in [0.2, 0.25) is 0 Å². The lowest BCUT2D eigenvalue weighted by Crippen LogP contribution is -2.17. The van der Waals surface area contributed by atoms with Crippen LogP contribution < -0.4 is 5.32 Å². The lowest BCUT2D eigenvalue weighted by Gasteiger charge is -1.94. The maximum Gasteiger partial charge on any atom is 0.133 e. The van der Waals surface area contributed by atoms with Gasteiger partial charge in [-0.2, -0.15) is 0 Å². The standard InChI is InChI=1S/C6H11NO2/c8-5-2-1-3-7-4-6-9/h5-7H,1-4H2. The Morgan fingerprint density at radius 3 is 2.56 bits per heavy atom. The molecule has 0 radical (unpaired) electrons. The van der Waals surface area contributed by atoms with Gasteiger partial charge in [-0.15, -0.1) is 0 Å². The second-order valence-corrected chi connectivity index (χ2v) is 1.68. The minimum Gasteiger partial charge on any atom is -0.310 e. The topological polar surface area (TPSA) is 46.2 Å². The van der Waals surface area contributed by atoms with Gasteiger partial charge in [-0.05, 0) is 13.0 Å². The number of nitrogens with one attached hydrogen (secondary N) is 1. The van der Waals surface area contributed by atoms with E-state index in [4.69, 9.17) is 0 Å². The Hall–Kier alpha value is -0.700. The fourth-order valence-corrected chi connectivity index (χ4v) is 0.471. The van der Waals surface area contributed by atoms with Gasteiger partial charge in [-0.25, -0.2) is 0 Å². The van der Waals surface area contributed by atoms with Crippen LogP contribution in [0.3, 0.4) is 0 Å². The van der Waals surface area contributed by atoms with E-state index in [1.54, 1.807) is 0 Å². The van der Waals surface area contributed by atoms with Crippen LogP contribution in [-0.2, 0) is 9.59 Å². The van der Waals surface area contributed by atoms with Crippen molar-refractivity contribution in [1.82, 2.24) is 5.32 Å². The van der Waals surface area contributed by atoms with Crippen LogP contribution in [0.15, 0.2) is 0 Å². The molecule has 1 N–H and O–H groups in total. The molecule has 52 valence electrons. The molecule has 0 rings (SSSR count). The highest BCUT2D eigenvalue weighted by atomic mass is 16.1. The number of carbonyl (C=O) groups is 2. The first kappa shape index (κ1) is 8.30. The molecule has 0 aliphatic carbocycles. The average molecular weight is 129 g/mol. The van der Waals surface area contributed by atoms with Crippen molar-refractivity contribution >= 4 is 12.6 Å². The van der Waals surface area contributed by atoms with Crippen LogP contribution in [0.5, 0.6) is 0 Å².